The number of hydrogen-bond donors (Lipinski definition) is 1. The van der Waals surface area contributed by atoms with Crippen molar-refractivity contribution in [3.05, 3.63) is 120 Å². The van der Waals surface area contributed by atoms with Crippen molar-refractivity contribution in [3.63, 3.8) is 0 Å². The number of carbonyl (C=O) groups is 2. The third kappa shape index (κ3) is 5.43. The van der Waals surface area contributed by atoms with Crippen molar-refractivity contribution < 1.29 is 18.7 Å². The minimum absolute atomic E-state index is 0.169. The van der Waals surface area contributed by atoms with E-state index in [1.165, 1.54) is 11.8 Å². The number of anilines is 1. The van der Waals surface area contributed by atoms with Gasteiger partial charge in [0, 0.05) is 16.7 Å². The lowest BCUT2D eigenvalue weighted by Gasteiger charge is -2.23. The number of benzene rings is 3. The summed E-state index contributed by atoms with van der Waals surface area (Å²) < 4.78 is 12.9. The van der Waals surface area contributed by atoms with Crippen LogP contribution in [0.1, 0.15) is 27.7 Å². The third-order valence-electron chi connectivity index (χ3n) is 7.18. The van der Waals surface area contributed by atoms with E-state index >= 15 is 0 Å². The van der Waals surface area contributed by atoms with Crippen LogP contribution in [0.15, 0.2) is 102 Å². The monoisotopic (exact) mass is 578 g/mol. The Morgan fingerprint density at radius 1 is 1.02 bits per heavy atom. The fourth-order valence-corrected chi connectivity index (χ4v) is 6.34. The molecular formula is C33H30N4O4S. The van der Waals surface area contributed by atoms with Crippen LogP contribution in [0, 0.1) is 6.92 Å². The normalized spacial score (nSPS) is 14.8. The Kier molecular flexibility index (Phi) is 7.83. The van der Waals surface area contributed by atoms with Crippen LogP contribution in [0.25, 0.3) is 16.9 Å². The average molecular weight is 579 g/mol. The van der Waals surface area contributed by atoms with E-state index in [-0.39, 0.29) is 35.9 Å². The first-order valence-corrected chi connectivity index (χ1v) is 14.7. The minimum Gasteiger partial charge on any atom is -0.496 e. The van der Waals surface area contributed by atoms with Gasteiger partial charge in [0.25, 0.3) is 0 Å². The molecule has 5 aromatic rings. The van der Waals surface area contributed by atoms with Gasteiger partial charge < -0.3 is 14.5 Å². The Balaban J connectivity index is 1.55. The first-order chi connectivity index (χ1) is 20.5. The fourth-order valence-electron chi connectivity index (χ4n) is 5.12. The summed E-state index contributed by atoms with van der Waals surface area (Å²) in [6.45, 7) is 2.08. The largest absolute Gasteiger partial charge is 0.496 e. The maximum absolute atomic E-state index is 13.9. The van der Waals surface area contributed by atoms with Gasteiger partial charge >= 0.3 is 0 Å². The number of rotatable bonds is 8. The summed E-state index contributed by atoms with van der Waals surface area (Å²) in [6.07, 6.45) is 1.56. The number of aryl methyl sites for hydroxylation is 1. The molecule has 1 aliphatic rings. The molecule has 0 spiro atoms. The fraction of sp³-hybridized carbons (Fsp3) is 0.182. The van der Waals surface area contributed by atoms with Crippen LogP contribution in [-0.2, 0) is 16.1 Å². The highest BCUT2D eigenvalue weighted by atomic mass is 32.2. The lowest BCUT2D eigenvalue weighted by atomic mass is 9.99. The molecule has 42 heavy (non-hydrogen) atoms. The zero-order chi connectivity index (χ0) is 29.1. The highest BCUT2D eigenvalue weighted by Gasteiger charge is 2.38. The van der Waals surface area contributed by atoms with Gasteiger partial charge in [-0.2, -0.15) is 5.10 Å². The third-order valence-corrected chi connectivity index (χ3v) is 8.41. The molecule has 1 aliphatic heterocycles. The molecule has 212 valence electrons. The molecule has 0 aliphatic carbocycles. The number of ether oxygens (including phenoxy) is 1. The number of hydrogen-bond acceptors (Lipinski definition) is 6. The molecule has 3 aromatic carbocycles. The van der Waals surface area contributed by atoms with Crippen LogP contribution in [0.5, 0.6) is 5.75 Å². The number of carbonyl (C=O) groups excluding carboxylic acids is 2. The van der Waals surface area contributed by atoms with Crippen LogP contribution in [-0.4, -0.2) is 41.0 Å². The van der Waals surface area contributed by atoms with Crippen LogP contribution in [0.3, 0.4) is 0 Å². The molecule has 1 N–H and O–H groups in total. The predicted molar refractivity (Wildman–Crippen MR) is 164 cm³/mol. The zero-order valence-corrected chi connectivity index (χ0v) is 24.1. The van der Waals surface area contributed by atoms with E-state index in [2.05, 4.69) is 5.32 Å². The number of para-hydroxylation sites is 1. The summed E-state index contributed by atoms with van der Waals surface area (Å²) in [6, 6.07) is 29.3. The van der Waals surface area contributed by atoms with Crippen molar-refractivity contribution >= 4 is 29.4 Å². The van der Waals surface area contributed by atoms with E-state index in [1.54, 1.807) is 35.1 Å². The van der Waals surface area contributed by atoms with Crippen molar-refractivity contribution in [2.45, 2.75) is 18.7 Å². The van der Waals surface area contributed by atoms with E-state index in [4.69, 9.17) is 14.3 Å². The summed E-state index contributed by atoms with van der Waals surface area (Å²) in [4.78, 5) is 28.8. The molecule has 6 rings (SSSR count). The summed E-state index contributed by atoms with van der Waals surface area (Å²) in [5, 5.41) is 7.74. The molecule has 9 heteroatoms. The first-order valence-electron chi connectivity index (χ1n) is 13.6. The van der Waals surface area contributed by atoms with Gasteiger partial charge in [-0.3, -0.25) is 14.5 Å². The van der Waals surface area contributed by atoms with Crippen molar-refractivity contribution in [2.24, 2.45) is 0 Å². The SMILES string of the molecule is COc1ccccc1[C@@H]1SCC(=O)N(CC(=O)NCc2ccco2)c2c1c(-c1ccccc1)nn2-c1ccc(C)cc1. The topological polar surface area (TPSA) is 89.6 Å². The van der Waals surface area contributed by atoms with Crippen molar-refractivity contribution in [2.75, 3.05) is 24.3 Å². The summed E-state index contributed by atoms with van der Waals surface area (Å²) >= 11 is 1.51. The average Bonchev–Trinajstić information content (AvgIpc) is 3.66. The second-order valence-corrected chi connectivity index (χ2v) is 11.1. The molecule has 0 bridgehead atoms. The Morgan fingerprint density at radius 3 is 2.52 bits per heavy atom. The Bertz CT molecular complexity index is 1700. The minimum atomic E-state index is -0.302. The molecule has 0 unspecified atom stereocenters. The number of furan rings is 1. The van der Waals surface area contributed by atoms with E-state index in [1.807, 2.05) is 85.8 Å². The smallest absolute Gasteiger partial charge is 0.240 e. The highest BCUT2D eigenvalue weighted by Crippen LogP contribution is 2.50. The molecular weight excluding hydrogens is 548 g/mol. The van der Waals surface area contributed by atoms with Crippen LogP contribution < -0.4 is 15.0 Å². The molecule has 0 fully saturated rings. The molecule has 8 nitrogen and oxygen atoms in total. The van der Waals surface area contributed by atoms with E-state index in [0.29, 0.717) is 11.6 Å². The number of fused-ring (bicyclic) bond motifs is 1. The molecule has 2 aromatic heterocycles. The number of methoxy groups -OCH3 is 1. The summed E-state index contributed by atoms with van der Waals surface area (Å²) in [7, 11) is 1.65. The van der Waals surface area contributed by atoms with E-state index in [9.17, 15) is 9.59 Å². The summed E-state index contributed by atoms with van der Waals surface area (Å²) in [5.41, 5.74) is 5.33. The lowest BCUT2D eigenvalue weighted by Crippen LogP contribution is -2.42. The second kappa shape index (κ2) is 12.0. The Labute approximate surface area is 248 Å². The molecule has 3 heterocycles. The molecule has 0 radical (unpaired) electrons. The van der Waals surface area contributed by atoms with Gasteiger partial charge in [0.1, 0.15) is 23.9 Å². The number of aromatic nitrogens is 2. The zero-order valence-electron chi connectivity index (χ0n) is 23.3. The van der Waals surface area contributed by atoms with Crippen molar-refractivity contribution in [3.8, 4) is 22.7 Å². The molecule has 1 atom stereocenters. The van der Waals surface area contributed by atoms with Crippen molar-refractivity contribution in [1.29, 1.82) is 0 Å². The van der Waals surface area contributed by atoms with Crippen molar-refractivity contribution in [1.82, 2.24) is 15.1 Å². The first kappa shape index (κ1) is 27.4. The quantitative estimate of drug-likeness (QED) is 0.245. The van der Waals surface area contributed by atoms with Crippen LogP contribution in [0.2, 0.25) is 0 Å². The summed E-state index contributed by atoms with van der Waals surface area (Å²) in [5.74, 6) is 1.61. The van der Waals surface area contributed by atoms with E-state index in [0.717, 1.165) is 39.4 Å². The van der Waals surface area contributed by atoms with Gasteiger partial charge in [-0.15, -0.1) is 11.8 Å². The number of nitrogens with one attached hydrogen (secondary N) is 1. The number of thioether (sulfide) groups is 1. The Hall–Kier alpha value is -4.76. The Morgan fingerprint density at radius 2 is 1.79 bits per heavy atom. The van der Waals surface area contributed by atoms with Gasteiger partial charge in [-0.25, -0.2) is 4.68 Å². The van der Waals surface area contributed by atoms with E-state index < -0.39 is 0 Å². The van der Waals surface area contributed by atoms with Crippen LogP contribution >= 0.6 is 11.8 Å². The number of nitrogens with zero attached hydrogens (tertiary/aromatic N) is 3. The van der Waals surface area contributed by atoms with Gasteiger partial charge in [0.05, 0.1) is 42.3 Å². The molecule has 0 saturated carbocycles. The van der Waals surface area contributed by atoms with Gasteiger partial charge in [-0.05, 0) is 37.3 Å². The molecule has 2 amide bonds. The predicted octanol–water partition coefficient (Wildman–Crippen LogP) is 5.93. The number of amides is 2. The molecule has 0 saturated heterocycles. The van der Waals surface area contributed by atoms with Gasteiger partial charge in [0.2, 0.25) is 11.8 Å². The van der Waals surface area contributed by atoms with Crippen LogP contribution in [0.4, 0.5) is 5.82 Å². The maximum Gasteiger partial charge on any atom is 0.240 e. The van der Waals surface area contributed by atoms with Gasteiger partial charge in [-0.1, -0.05) is 66.2 Å². The maximum atomic E-state index is 13.9. The second-order valence-electron chi connectivity index (χ2n) is 9.97. The lowest BCUT2D eigenvalue weighted by molar-refractivity contribution is -0.123. The highest BCUT2D eigenvalue weighted by molar-refractivity contribution is 8.00. The standard InChI is InChI=1S/C33H30N4O4S/c1-22-14-16-24(17-15-22)37-33-30(31(35-37)23-9-4-3-5-10-23)32(26-12-6-7-13-27(26)40-2)42-21-29(39)36(33)20-28(38)34-19-25-11-8-18-41-25/h3-18,32H,19-21H2,1-2H3,(H,34,38)/t32-/m0/s1. The van der Waals surface area contributed by atoms with Gasteiger partial charge in [0.15, 0.2) is 0 Å².